The van der Waals surface area contributed by atoms with Crippen LogP contribution in [-0.4, -0.2) is 34.1 Å². The number of hydrogen-bond donors (Lipinski definition) is 1. The van der Waals surface area contributed by atoms with Crippen molar-refractivity contribution in [2.75, 3.05) is 0 Å². The number of rotatable bonds is 3. The third-order valence-corrected chi connectivity index (χ3v) is 11.4. The average molecular weight is 791 g/mol. The van der Waals surface area contributed by atoms with Crippen LogP contribution in [-0.2, 0) is 24.9 Å². The number of carbonyl (C=O) groups is 1. The molecule has 0 saturated carbocycles. The molecule has 0 unspecified atom stereocenters. The van der Waals surface area contributed by atoms with Gasteiger partial charge in [-0.05, 0) is 0 Å². The Kier molecular flexibility index (Phi) is 11.0. The number of nitrogens with zero attached hydrogens (tertiary/aromatic N) is 2. The molecule has 4 nitrogen and oxygen atoms in total. The molecule has 2 aromatic heterocycles. The normalized spacial score (nSPS) is 12.5. The number of fused-ring (bicyclic) bond motifs is 3. The van der Waals surface area contributed by atoms with E-state index in [0.717, 1.165) is 22.2 Å². The summed E-state index contributed by atoms with van der Waals surface area (Å²) < 4.78 is 1.51. The van der Waals surface area contributed by atoms with Gasteiger partial charge in [-0.25, -0.2) is 0 Å². The third-order valence-electron chi connectivity index (χ3n) is 6.92. The number of aliphatic hydroxyl groups is 1. The summed E-state index contributed by atoms with van der Waals surface area (Å²) in [6.45, 7) is 17.5. The van der Waals surface area contributed by atoms with Crippen molar-refractivity contribution in [2.45, 2.75) is 79.6 Å². The molecule has 4 aromatic rings. The van der Waals surface area contributed by atoms with Gasteiger partial charge in [0.1, 0.15) is 5.76 Å². The summed E-state index contributed by atoms with van der Waals surface area (Å²) in [6.07, 6.45) is 5.27. The molecular weight excluding hydrogens is 745 g/mol. The quantitative estimate of drug-likeness (QED) is 0.0742. The van der Waals surface area contributed by atoms with Gasteiger partial charge in [0.05, 0.1) is 0 Å². The largest absolute Gasteiger partial charge is 0 e. The fourth-order valence-electron chi connectivity index (χ4n) is 4.75. The van der Waals surface area contributed by atoms with Crippen molar-refractivity contribution in [1.82, 2.24) is 9.97 Å². The predicted octanol–water partition coefficient (Wildman–Crippen LogP) is 8.81. The first-order chi connectivity index (χ1) is 18.3. The number of allylic oxidation sites excluding steroid dienone is 2. The van der Waals surface area contributed by atoms with E-state index >= 15 is 0 Å². The second kappa shape index (κ2) is 12.9. The topological polar surface area (TPSA) is 63.1 Å². The van der Waals surface area contributed by atoms with Gasteiger partial charge in [-0.1, -0.05) is 41.5 Å². The molecule has 6 heteroatoms. The van der Waals surface area contributed by atoms with Gasteiger partial charge in [0, 0.05) is 37.0 Å². The second-order valence-corrected chi connectivity index (χ2v) is 24.4. The monoisotopic (exact) mass is 792 g/mol. The minimum absolute atomic E-state index is 0. The molecule has 1 N–H and O–H groups in total. The van der Waals surface area contributed by atoms with E-state index in [1.165, 1.54) is 37.9 Å². The molecule has 0 aliphatic carbocycles. The van der Waals surface area contributed by atoms with Gasteiger partial charge in [0.2, 0.25) is 0 Å². The van der Waals surface area contributed by atoms with E-state index in [4.69, 9.17) is 9.97 Å². The molecule has 41 heavy (non-hydrogen) atoms. The minimum Gasteiger partial charge on any atom is 0 e. The summed E-state index contributed by atoms with van der Waals surface area (Å²) in [5.41, 5.74) is 6.16. The maximum atomic E-state index is 11.5. The Hall–Kier alpha value is -2.34. The van der Waals surface area contributed by atoms with Crippen LogP contribution >= 0.6 is 0 Å². The van der Waals surface area contributed by atoms with E-state index in [0.29, 0.717) is 0 Å². The standard InChI is InChI=1S/C24H25GeN2.C11H20O2.Ir/c1-15-11-16(2)13-18(12-15)23-21-14-27-24-20(19(21)9-10-26-23)8-7-17(3)22(24)25(4,5)6;1-10(2,3)8(12)7-9(13)11(4,5)6;/h7-12,14H,1-6H3;7,12H,1-6H3;/q-1;;/b;8-7-;. The van der Waals surface area contributed by atoms with Crippen LogP contribution in [0.5, 0.6) is 0 Å². The maximum Gasteiger partial charge on any atom is 0 e. The van der Waals surface area contributed by atoms with Crippen molar-refractivity contribution in [3.05, 3.63) is 77.3 Å². The molecule has 4 rings (SSSR count). The fourth-order valence-corrected chi connectivity index (χ4v) is 9.32. The van der Waals surface area contributed by atoms with E-state index in [2.05, 4.69) is 74.4 Å². The zero-order valence-corrected chi connectivity index (χ0v) is 31.2. The Morgan fingerprint density at radius 3 is 2.05 bits per heavy atom. The van der Waals surface area contributed by atoms with Gasteiger partial charge in [0.25, 0.3) is 0 Å². The van der Waals surface area contributed by atoms with Crippen molar-refractivity contribution in [3.8, 4) is 11.3 Å². The van der Waals surface area contributed by atoms with Crippen LogP contribution in [0.1, 0.15) is 58.2 Å². The first-order valence-corrected chi connectivity index (χ1v) is 21.3. The fraction of sp³-hybridized carbons (Fsp3) is 0.400. The smallest absolute Gasteiger partial charge is 0 e. The number of carbonyl (C=O) groups excluding carboxylic acids is 1. The van der Waals surface area contributed by atoms with Crippen LogP contribution < -0.4 is 4.40 Å². The summed E-state index contributed by atoms with van der Waals surface area (Å²) in [5.74, 6) is 7.43. The zero-order chi connectivity index (χ0) is 30.2. The Morgan fingerprint density at radius 1 is 0.878 bits per heavy atom. The Morgan fingerprint density at radius 2 is 1.51 bits per heavy atom. The number of aryl methyl sites for hydroxylation is 3. The van der Waals surface area contributed by atoms with Crippen LogP contribution in [0.2, 0.25) is 17.3 Å². The molecule has 2 heterocycles. The van der Waals surface area contributed by atoms with E-state index < -0.39 is 18.7 Å². The number of aliphatic hydroxyl groups excluding tert-OH is 1. The Balaban J connectivity index is 0.000000360. The van der Waals surface area contributed by atoms with E-state index in [-0.39, 0.29) is 37.1 Å². The molecule has 0 amide bonds. The van der Waals surface area contributed by atoms with Gasteiger partial charge in [-0.2, -0.15) is 0 Å². The first-order valence-electron chi connectivity index (χ1n) is 13.9. The van der Waals surface area contributed by atoms with E-state index in [9.17, 15) is 9.90 Å². The number of hydrogen-bond acceptors (Lipinski definition) is 4. The van der Waals surface area contributed by atoms with Gasteiger partial charge >= 0.3 is 164 Å². The molecule has 221 valence electrons. The van der Waals surface area contributed by atoms with Crippen molar-refractivity contribution < 1.29 is 30.0 Å². The summed E-state index contributed by atoms with van der Waals surface area (Å²) in [4.78, 5) is 21.1. The van der Waals surface area contributed by atoms with Crippen molar-refractivity contribution in [3.63, 3.8) is 0 Å². The molecule has 1 radical (unpaired) electrons. The summed E-state index contributed by atoms with van der Waals surface area (Å²) in [6, 6.07) is 14.4. The summed E-state index contributed by atoms with van der Waals surface area (Å²) >= 11 is -2.05. The molecule has 0 aliphatic rings. The number of aromatic nitrogens is 2. The average Bonchev–Trinajstić information content (AvgIpc) is 2.81. The second-order valence-electron chi connectivity index (χ2n) is 13.9. The van der Waals surface area contributed by atoms with Crippen LogP contribution in [0.25, 0.3) is 32.9 Å². The van der Waals surface area contributed by atoms with Crippen LogP contribution in [0, 0.1) is 37.7 Å². The van der Waals surface area contributed by atoms with Gasteiger partial charge in [-0.3, -0.25) is 4.79 Å². The zero-order valence-electron chi connectivity index (χ0n) is 26.7. The molecule has 0 saturated heterocycles. The van der Waals surface area contributed by atoms with Gasteiger partial charge in [-0.15, -0.1) is 0 Å². The summed E-state index contributed by atoms with van der Waals surface area (Å²) in [5, 5.41) is 13.1. The molecule has 0 atom stereocenters. The molecule has 0 bridgehead atoms. The molecule has 0 aliphatic heterocycles. The van der Waals surface area contributed by atoms with Crippen LogP contribution in [0.3, 0.4) is 0 Å². The van der Waals surface area contributed by atoms with Crippen molar-refractivity contribution in [2.24, 2.45) is 10.8 Å². The van der Waals surface area contributed by atoms with Crippen molar-refractivity contribution in [1.29, 1.82) is 0 Å². The third kappa shape index (κ3) is 8.37. The Bertz CT molecular complexity index is 1580. The van der Waals surface area contributed by atoms with Crippen LogP contribution in [0.4, 0.5) is 0 Å². The maximum absolute atomic E-state index is 11.5. The SMILES string of the molecule is CC(C)(C)C(=O)/C=C(\O)C(C)(C)C.Cc1[c-]c(-c2nccc3c2cnc2[c]([Ge]([CH3])([CH3])[CH3])c(C)ccc23)cc(C)c1.[Ir]. The number of pyridine rings is 2. The van der Waals surface area contributed by atoms with E-state index in [1.807, 2.05) is 53.9 Å². The predicted molar refractivity (Wildman–Crippen MR) is 173 cm³/mol. The van der Waals surface area contributed by atoms with Gasteiger partial charge in [0.15, 0.2) is 5.78 Å². The minimum atomic E-state index is -2.05. The molecule has 2 aromatic carbocycles. The molecule has 0 fully saturated rings. The molecular formula is C35H45GeIrN2O2-. The Labute approximate surface area is 262 Å². The van der Waals surface area contributed by atoms with Crippen LogP contribution in [0.15, 0.2) is 54.6 Å². The first kappa shape index (κ1) is 34.9. The van der Waals surface area contributed by atoms with Crippen molar-refractivity contribution >= 4 is 45.1 Å². The number of ketones is 1. The van der Waals surface area contributed by atoms with E-state index in [1.54, 1.807) is 0 Å². The molecule has 0 spiro atoms. The summed E-state index contributed by atoms with van der Waals surface area (Å²) in [7, 11) is 0. The van der Waals surface area contributed by atoms with Gasteiger partial charge < -0.3 is 5.11 Å². The number of benzene rings is 2.